The van der Waals surface area contributed by atoms with E-state index in [0.717, 1.165) is 28.5 Å². The van der Waals surface area contributed by atoms with Crippen LogP contribution < -0.4 is 5.32 Å². The minimum Gasteiger partial charge on any atom is -0.506 e. The van der Waals surface area contributed by atoms with E-state index in [1.54, 1.807) is 18.2 Å². The second kappa shape index (κ2) is 7.26. The van der Waals surface area contributed by atoms with Crippen LogP contribution in [0.25, 0.3) is 10.9 Å². The molecule has 126 valence electrons. The Hall–Kier alpha value is -2.01. The first-order chi connectivity index (χ1) is 11.5. The van der Waals surface area contributed by atoms with Crippen LogP contribution in [0.3, 0.4) is 0 Å². The lowest BCUT2D eigenvalue weighted by molar-refractivity contribution is 0.170. The predicted octanol–water partition coefficient (Wildman–Crippen LogP) is 3.78. The fourth-order valence-electron chi connectivity index (χ4n) is 2.91. The molecular formula is C19H21ClN2O2. The van der Waals surface area contributed by atoms with Crippen LogP contribution in [0.4, 0.5) is 0 Å². The van der Waals surface area contributed by atoms with Gasteiger partial charge in [-0.15, -0.1) is 0 Å². The normalized spacial score (nSPS) is 14.0. The SMILES string of the molecule is C[C@H](Cc1c[nH]c2c(O)cccc12)NC[C@H](O)c1cccc(Cl)c1. The minimum absolute atomic E-state index is 0.181. The molecule has 4 nitrogen and oxygen atoms in total. The van der Waals surface area contributed by atoms with Gasteiger partial charge in [-0.2, -0.15) is 0 Å². The first-order valence-electron chi connectivity index (χ1n) is 7.99. The number of phenolic OH excluding ortho intramolecular Hbond substituents is 1. The van der Waals surface area contributed by atoms with Gasteiger partial charge < -0.3 is 20.5 Å². The number of hydrogen-bond acceptors (Lipinski definition) is 3. The number of hydrogen-bond donors (Lipinski definition) is 4. The Kier molecular flexibility index (Phi) is 5.09. The molecule has 0 radical (unpaired) electrons. The molecule has 2 aromatic carbocycles. The number of aliphatic hydroxyl groups is 1. The Balaban J connectivity index is 1.61. The topological polar surface area (TPSA) is 68.3 Å². The molecule has 1 heterocycles. The van der Waals surface area contributed by atoms with Crippen molar-refractivity contribution in [3.05, 3.63) is 64.8 Å². The zero-order chi connectivity index (χ0) is 17.1. The molecule has 4 N–H and O–H groups in total. The smallest absolute Gasteiger partial charge is 0.139 e. The van der Waals surface area contributed by atoms with E-state index in [4.69, 9.17) is 11.6 Å². The summed E-state index contributed by atoms with van der Waals surface area (Å²) in [5, 5.41) is 25.1. The largest absolute Gasteiger partial charge is 0.506 e. The molecule has 3 rings (SSSR count). The van der Waals surface area contributed by atoms with Crippen LogP contribution in [-0.2, 0) is 6.42 Å². The predicted molar refractivity (Wildman–Crippen MR) is 97.5 cm³/mol. The number of halogens is 1. The van der Waals surface area contributed by atoms with Crippen molar-refractivity contribution in [3.8, 4) is 5.75 Å². The van der Waals surface area contributed by atoms with Gasteiger partial charge >= 0.3 is 0 Å². The molecule has 24 heavy (non-hydrogen) atoms. The zero-order valence-corrected chi connectivity index (χ0v) is 14.2. The van der Waals surface area contributed by atoms with Crippen molar-refractivity contribution in [1.29, 1.82) is 0 Å². The molecule has 1 aromatic heterocycles. The van der Waals surface area contributed by atoms with E-state index in [-0.39, 0.29) is 11.8 Å². The Bertz CT molecular complexity index is 831. The van der Waals surface area contributed by atoms with E-state index >= 15 is 0 Å². The molecule has 3 aromatic rings. The van der Waals surface area contributed by atoms with E-state index < -0.39 is 6.10 Å². The zero-order valence-electron chi connectivity index (χ0n) is 13.5. The van der Waals surface area contributed by atoms with Gasteiger partial charge in [-0.1, -0.05) is 35.9 Å². The second-order valence-electron chi connectivity index (χ2n) is 6.10. The van der Waals surface area contributed by atoms with Crippen molar-refractivity contribution < 1.29 is 10.2 Å². The Morgan fingerprint density at radius 2 is 2.00 bits per heavy atom. The number of H-pyrrole nitrogens is 1. The van der Waals surface area contributed by atoms with Gasteiger partial charge in [-0.3, -0.25) is 0 Å². The number of nitrogens with one attached hydrogen (secondary N) is 2. The van der Waals surface area contributed by atoms with Gasteiger partial charge in [-0.25, -0.2) is 0 Å². The van der Waals surface area contributed by atoms with E-state index in [0.29, 0.717) is 11.6 Å². The fraction of sp³-hybridized carbons (Fsp3) is 0.263. The summed E-state index contributed by atoms with van der Waals surface area (Å²) >= 11 is 5.96. The highest BCUT2D eigenvalue weighted by molar-refractivity contribution is 6.30. The minimum atomic E-state index is -0.599. The molecule has 0 saturated heterocycles. The number of aromatic amines is 1. The van der Waals surface area contributed by atoms with Crippen molar-refractivity contribution in [3.63, 3.8) is 0 Å². The first kappa shape index (κ1) is 16.8. The molecule has 0 aliphatic rings. The summed E-state index contributed by atoms with van der Waals surface area (Å²) in [7, 11) is 0. The monoisotopic (exact) mass is 344 g/mol. The third-order valence-corrected chi connectivity index (χ3v) is 4.43. The average Bonchev–Trinajstić information content (AvgIpc) is 2.97. The highest BCUT2D eigenvalue weighted by Gasteiger charge is 2.13. The number of para-hydroxylation sites is 1. The average molecular weight is 345 g/mol. The molecular weight excluding hydrogens is 324 g/mol. The van der Waals surface area contributed by atoms with Gasteiger partial charge in [0.2, 0.25) is 0 Å². The van der Waals surface area contributed by atoms with Crippen molar-refractivity contribution in [1.82, 2.24) is 10.3 Å². The van der Waals surface area contributed by atoms with Crippen LogP contribution in [0.5, 0.6) is 5.75 Å². The molecule has 0 aliphatic heterocycles. The van der Waals surface area contributed by atoms with Crippen molar-refractivity contribution in [2.24, 2.45) is 0 Å². The second-order valence-corrected chi connectivity index (χ2v) is 6.53. The van der Waals surface area contributed by atoms with Crippen LogP contribution in [0.2, 0.25) is 5.02 Å². The van der Waals surface area contributed by atoms with Gasteiger partial charge in [0.25, 0.3) is 0 Å². The summed E-state index contributed by atoms with van der Waals surface area (Å²) in [6, 6.07) is 13.0. The summed E-state index contributed by atoms with van der Waals surface area (Å²) < 4.78 is 0. The molecule has 0 amide bonds. The third kappa shape index (κ3) is 3.73. The van der Waals surface area contributed by atoms with E-state index in [2.05, 4.69) is 17.2 Å². The van der Waals surface area contributed by atoms with Gasteiger partial charge in [0.15, 0.2) is 0 Å². The molecule has 0 aliphatic carbocycles. The van der Waals surface area contributed by atoms with Crippen molar-refractivity contribution >= 4 is 22.5 Å². The number of fused-ring (bicyclic) bond motifs is 1. The van der Waals surface area contributed by atoms with Gasteiger partial charge in [0, 0.05) is 29.2 Å². The van der Waals surface area contributed by atoms with Crippen LogP contribution in [0.1, 0.15) is 24.2 Å². The highest BCUT2D eigenvalue weighted by Crippen LogP contribution is 2.26. The number of benzene rings is 2. The number of aliphatic hydroxyl groups excluding tert-OH is 1. The van der Waals surface area contributed by atoms with Crippen LogP contribution in [0.15, 0.2) is 48.7 Å². The summed E-state index contributed by atoms with van der Waals surface area (Å²) in [5.74, 6) is 0.260. The fourth-order valence-corrected chi connectivity index (χ4v) is 3.11. The van der Waals surface area contributed by atoms with E-state index in [9.17, 15) is 10.2 Å². The lowest BCUT2D eigenvalue weighted by Gasteiger charge is -2.17. The molecule has 5 heteroatoms. The first-order valence-corrected chi connectivity index (χ1v) is 8.37. The summed E-state index contributed by atoms with van der Waals surface area (Å²) in [6.07, 6.45) is 2.12. The number of rotatable bonds is 6. The highest BCUT2D eigenvalue weighted by atomic mass is 35.5. The van der Waals surface area contributed by atoms with E-state index in [1.165, 1.54) is 0 Å². The maximum absolute atomic E-state index is 10.3. The number of phenols is 1. The third-order valence-electron chi connectivity index (χ3n) is 4.20. The van der Waals surface area contributed by atoms with E-state index in [1.807, 2.05) is 30.5 Å². The van der Waals surface area contributed by atoms with Gasteiger partial charge in [0.05, 0.1) is 11.6 Å². The van der Waals surface area contributed by atoms with Crippen LogP contribution in [-0.4, -0.2) is 27.8 Å². The van der Waals surface area contributed by atoms with Crippen molar-refractivity contribution in [2.45, 2.75) is 25.5 Å². The van der Waals surface area contributed by atoms with Crippen LogP contribution >= 0.6 is 11.6 Å². The molecule has 0 fully saturated rings. The molecule has 2 atom stereocenters. The maximum Gasteiger partial charge on any atom is 0.139 e. The lowest BCUT2D eigenvalue weighted by Crippen LogP contribution is -2.32. The summed E-state index contributed by atoms with van der Waals surface area (Å²) in [4.78, 5) is 3.12. The summed E-state index contributed by atoms with van der Waals surface area (Å²) in [5.41, 5.74) is 2.70. The van der Waals surface area contributed by atoms with Crippen molar-refractivity contribution in [2.75, 3.05) is 6.54 Å². The number of aromatic nitrogens is 1. The maximum atomic E-state index is 10.3. The quantitative estimate of drug-likeness (QED) is 0.550. The lowest BCUT2D eigenvalue weighted by atomic mass is 10.0. The Morgan fingerprint density at radius 3 is 2.79 bits per heavy atom. The standard InChI is InChI=1S/C19H21ClN2O2/c1-12(21-11-18(24)13-4-2-5-15(20)9-13)8-14-10-22-19-16(14)6-3-7-17(19)23/h2-7,9-10,12,18,21-24H,8,11H2,1H3/t12-,18+/m1/s1. The Morgan fingerprint density at radius 1 is 1.21 bits per heavy atom. The molecule has 0 spiro atoms. The summed E-state index contributed by atoms with van der Waals surface area (Å²) in [6.45, 7) is 2.53. The molecule has 0 bridgehead atoms. The number of aromatic hydroxyl groups is 1. The molecule has 0 unspecified atom stereocenters. The van der Waals surface area contributed by atoms with Gasteiger partial charge in [-0.05, 0) is 42.7 Å². The molecule has 0 saturated carbocycles. The Labute approximate surface area is 146 Å². The van der Waals surface area contributed by atoms with Gasteiger partial charge in [0.1, 0.15) is 5.75 Å². The van der Waals surface area contributed by atoms with Crippen LogP contribution in [0, 0.1) is 0 Å².